The highest BCUT2D eigenvalue weighted by molar-refractivity contribution is 4.88. The molecule has 96 valence electrons. The van der Waals surface area contributed by atoms with Crippen molar-refractivity contribution in [3.63, 3.8) is 0 Å². The SMILES string of the molecule is CC(C)(O)[C@@H]1CCC[N+]2(C)CCCCC12.[Br-]. The van der Waals surface area contributed by atoms with Gasteiger partial charge in [-0.25, -0.2) is 0 Å². The zero-order valence-electron chi connectivity index (χ0n) is 10.9. The Kier molecular flexibility index (Phi) is 4.47. The van der Waals surface area contributed by atoms with Crippen molar-refractivity contribution in [2.75, 3.05) is 20.1 Å². The van der Waals surface area contributed by atoms with Gasteiger partial charge in [-0.2, -0.15) is 0 Å². The van der Waals surface area contributed by atoms with E-state index in [9.17, 15) is 5.11 Å². The first-order valence-electron chi connectivity index (χ1n) is 6.50. The summed E-state index contributed by atoms with van der Waals surface area (Å²) in [6, 6.07) is 0.715. The van der Waals surface area contributed by atoms with Gasteiger partial charge in [0.05, 0.1) is 31.8 Å². The molecule has 0 aromatic heterocycles. The van der Waals surface area contributed by atoms with Gasteiger partial charge in [-0.1, -0.05) is 0 Å². The lowest BCUT2D eigenvalue weighted by molar-refractivity contribution is -0.948. The molecule has 2 fully saturated rings. The summed E-state index contributed by atoms with van der Waals surface area (Å²) >= 11 is 0. The quantitative estimate of drug-likeness (QED) is 0.626. The fourth-order valence-corrected chi connectivity index (χ4v) is 3.91. The summed E-state index contributed by atoms with van der Waals surface area (Å²) < 4.78 is 1.23. The first-order valence-corrected chi connectivity index (χ1v) is 6.50. The fourth-order valence-electron chi connectivity index (χ4n) is 3.91. The van der Waals surface area contributed by atoms with Gasteiger partial charge in [0.1, 0.15) is 0 Å². The van der Waals surface area contributed by atoms with E-state index < -0.39 is 5.60 Å². The molecule has 0 amide bonds. The third-order valence-corrected chi connectivity index (χ3v) is 4.78. The van der Waals surface area contributed by atoms with Crippen LogP contribution in [0.15, 0.2) is 0 Å². The number of aliphatic hydroxyl groups is 1. The Bertz CT molecular complexity index is 235. The van der Waals surface area contributed by atoms with E-state index in [1.807, 2.05) is 13.8 Å². The second-order valence-corrected chi connectivity index (χ2v) is 6.39. The largest absolute Gasteiger partial charge is 1.00 e. The van der Waals surface area contributed by atoms with Crippen LogP contribution >= 0.6 is 0 Å². The smallest absolute Gasteiger partial charge is 0.0944 e. The summed E-state index contributed by atoms with van der Waals surface area (Å²) in [7, 11) is 2.40. The maximum atomic E-state index is 10.3. The average Bonchev–Trinajstić information content (AvgIpc) is 2.14. The lowest BCUT2D eigenvalue weighted by atomic mass is 9.73. The molecular weight excluding hydrogens is 266 g/mol. The highest BCUT2D eigenvalue weighted by Crippen LogP contribution is 2.40. The number of quaternary nitrogens is 1. The Morgan fingerprint density at radius 2 is 1.69 bits per heavy atom. The first kappa shape index (κ1) is 14.5. The van der Waals surface area contributed by atoms with Crippen molar-refractivity contribution in [3.05, 3.63) is 0 Å². The minimum atomic E-state index is -0.484. The predicted octanol–water partition coefficient (Wildman–Crippen LogP) is -0.830. The van der Waals surface area contributed by atoms with Crippen molar-refractivity contribution < 1.29 is 26.6 Å². The summed E-state index contributed by atoms with van der Waals surface area (Å²) in [5.74, 6) is 0.511. The van der Waals surface area contributed by atoms with Gasteiger partial charge in [0, 0.05) is 12.3 Å². The molecule has 0 bridgehead atoms. The van der Waals surface area contributed by atoms with Gasteiger partial charge in [0.15, 0.2) is 0 Å². The van der Waals surface area contributed by atoms with Gasteiger partial charge in [0.25, 0.3) is 0 Å². The van der Waals surface area contributed by atoms with E-state index in [1.165, 1.54) is 49.7 Å². The highest BCUT2D eigenvalue weighted by Gasteiger charge is 2.48. The minimum absolute atomic E-state index is 0. The maximum absolute atomic E-state index is 10.3. The molecule has 0 saturated carbocycles. The van der Waals surface area contributed by atoms with E-state index >= 15 is 0 Å². The maximum Gasteiger partial charge on any atom is 0.0944 e. The Morgan fingerprint density at radius 3 is 2.31 bits per heavy atom. The molecule has 2 nitrogen and oxygen atoms in total. The normalized spacial score (nSPS) is 39.8. The average molecular weight is 292 g/mol. The second kappa shape index (κ2) is 4.95. The molecule has 2 saturated heterocycles. The number of halogens is 1. The fraction of sp³-hybridized carbons (Fsp3) is 1.00. The van der Waals surface area contributed by atoms with Crippen LogP contribution in [0, 0.1) is 5.92 Å². The molecule has 3 heteroatoms. The van der Waals surface area contributed by atoms with E-state index in [0.29, 0.717) is 12.0 Å². The molecule has 0 aliphatic carbocycles. The topological polar surface area (TPSA) is 20.2 Å². The first-order chi connectivity index (χ1) is 6.93. The number of hydrogen-bond acceptors (Lipinski definition) is 1. The van der Waals surface area contributed by atoms with Crippen LogP contribution in [-0.4, -0.2) is 41.4 Å². The molecule has 0 radical (unpaired) electrons. The summed E-state index contributed by atoms with van der Waals surface area (Å²) in [4.78, 5) is 0. The Labute approximate surface area is 110 Å². The number of piperidine rings is 2. The molecule has 16 heavy (non-hydrogen) atoms. The van der Waals surface area contributed by atoms with Gasteiger partial charge in [-0.05, 0) is 39.5 Å². The van der Waals surface area contributed by atoms with Gasteiger partial charge in [-0.3, -0.25) is 0 Å². The predicted molar refractivity (Wildman–Crippen MR) is 62.6 cm³/mol. The zero-order chi connectivity index (χ0) is 11.1. The van der Waals surface area contributed by atoms with E-state index in [0.717, 1.165) is 0 Å². The molecule has 2 rings (SSSR count). The van der Waals surface area contributed by atoms with Crippen LogP contribution in [0.4, 0.5) is 0 Å². The number of fused-ring (bicyclic) bond motifs is 1. The third-order valence-electron chi connectivity index (χ3n) is 4.78. The van der Waals surface area contributed by atoms with E-state index in [-0.39, 0.29) is 17.0 Å². The Balaban J connectivity index is 0.00000128. The molecule has 1 N–H and O–H groups in total. The Morgan fingerprint density at radius 1 is 1.06 bits per heavy atom. The number of rotatable bonds is 1. The van der Waals surface area contributed by atoms with Crippen molar-refractivity contribution in [2.45, 2.75) is 57.6 Å². The van der Waals surface area contributed by atoms with Crippen molar-refractivity contribution in [2.24, 2.45) is 5.92 Å². The molecule has 2 aliphatic heterocycles. The number of nitrogens with zero attached hydrogens (tertiary/aromatic N) is 1. The van der Waals surface area contributed by atoms with Crippen molar-refractivity contribution in [3.8, 4) is 0 Å². The van der Waals surface area contributed by atoms with Gasteiger partial charge in [-0.15, -0.1) is 0 Å². The van der Waals surface area contributed by atoms with Crippen LogP contribution in [0.25, 0.3) is 0 Å². The lowest BCUT2D eigenvalue weighted by Gasteiger charge is -2.53. The minimum Gasteiger partial charge on any atom is -1.00 e. The van der Waals surface area contributed by atoms with Crippen LogP contribution in [0.1, 0.15) is 46.0 Å². The lowest BCUT2D eigenvalue weighted by Crippen LogP contribution is -3.00. The van der Waals surface area contributed by atoms with Crippen LogP contribution in [-0.2, 0) is 0 Å². The molecule has 0 spiro atoms. The molecule has 2 heterocycles. The van der Waals surface area contributed by atoms with Gasteiger partial charge in [0.2, 0.25) is 0 Å². The van der Waals surface area contributed by atoms with Crippen LogP contribution in [0.2, 0.25) is 0 Å². The second-order valence-electron chi connectivity index (χ2n) is 6.39. The van der Waals surface area contributed by atoms with Crippen LogP contribution < -0.4 is 17.0 Å². The summed E-state index contributed by atoms with van der Waals surface area (Å²) in [6.07, 6.45) is 6.59. The molecule has 2 aliphatic rings. The standard InChI is InChI=1S/C13H26NO.BrH/c1-13(2,15)11-7-6-10-14(3)9-5-4-8-12(11)14;/h11-12,15H,4-10H2,1-3H3;1H/q+1;/p-1/t11-,12?,14?;/m1./s1. The third kappa shape index (κ3) is 2.62. The van der Waals surface area contributed by atoms with Gasteiger partial charge < -0.3 is 26.6 Å². The monoisotopic (exact) mass is 291 g/mol. The van der Waals surface area contributed by atoms with Crippen LogP contribution in [0.5, 0.6) is 0 Å². The van der Waals surface area contributed by atoms with Crippen molar-refractivity contribution in [1.29, 1.82) is 0 Å². The molecule has 0 aromatic rings. The molecule has 0 aromatic carbocycles. The molecule has 2 unspecified atom stereocenters. The van der Waals surface area contributed by atoms with E-state index in [2.05, 4.69) is 7.05 Å². The van der Waals surface area contributed by atoms with E-state index in [1.54, 1.807) is 0 Å². The summed E-state index contributed by atoms with van der Waals surface area (Å²) in [5.41, 5.74) is -0.484. The van der Waals surface area contributed by atoms with Crippen molar-refractivity contribution in [1.82, 2.24) is 0 Å². The zero-order valence-corrected chi connectivity index (χ0v) is 12.5. The number of hydrogen-bond donors (Lipinski definition) is 1. The molecule has 3 atom stereocenters. The summed E-state index contributed by atoms with van der Waals surface area (Å²) in [6.45, 7) is 6.67. The van der Waals surface area contributed by atoms with Crippen molar-refractivity contribution >= 4 is 0 Å². The molecular formula is C13H26BrNO. The van der Waals surface area contributed by atoms with Gasteiger partial charge >= 0.3 is 0 Å². The van der Waals surface area contributed by atoms with Crippen LogP contribution in [0.3, 0.4) is 0 Å². The highest BCUT2D eigenvalue weighted by atomic mass is 79.9. The Hall–Kier alpha value is 0.400. The summed E-state index contributed by atoms with van der Waals surface area (Å²) in [5, 5.41) is 10.3. The van der Waals surface area contributed by atoms with E-state index in [4.69, 9.17) is 0 Å².